The van der Waals surface area contributed by atoms with Crippen LogP contribution in [0.5, 0.6) is 0 Å². The zero-order valence-electron chi connectivity index (χ0n) is 26.8. The van der Waals surface area contributed by atoms with Crippen LogP contribution in [0.25, 0.3) is 10.9 Å². The van der Waals surface area contributed by atoms with Crippen molar-refractivity contribution in [2.45, 2.75) is 51.0 Å². The fraction of sp³-hybridized carbons (Fsp3) is 0.308. The Morgan fingerprint density at radius 1 is 0.745 bits per heavy atom. The number of hydrogen-bond acceptors (Lipinski definition) is 6. The first-order valence-corrected chi connectivity index (χ1v) is 16.4. The fourth-order valence-electron chi connectivity index (χ4n) is 6.54. The summed E-state index contributed by atoms with van der Waals surface area (Å²) >= 11 is 0. The van der Waals surface area contributed by atoms with E-state index in [1.54, 1.807) is 41.0 Å². The molecule has 1 aliphatic rings. The van der Waals surface area contributed by atoms with Crippen LogP contribution in [0.15, 0.2) is 119 Å². The molecule has 8 heteroatoms. The highest BCUT2D eigenvalue weighted by molar-refractivity contribution is 5.91. The van der Waals surface area contributed by atoms with Gasteiger partial charge in [-0.3, -0.25) is 13.9 Å². The molecule has 0 N–H and O–H groups in total. The molecule has 1 aromatic heterocycles. The number of likely N-dealkylation sites (tertiary alicyclic amines) is 1. The van der Waals surface area contributed by atoms with E-state index in [0.29, 0.717) is 28.6 Å². The summed E-state index contributed by atoms with van der Waals surface area (Å²) in [5.74, 6) is -0.502. The number of ether oxygens (including phenoxy) is 2. The Bertz CT molecular complexity index is 1870. The molecule has 1 fully saturated rings. The van der Waals surface area contributed by atoms with Gasteiger partial charge in [0.05, 0.1) is 36.2 Å². The van der Waals surface area contributed by atoms with E-state index in [9.17, 15) is 14.4 Å². The van der Waals surface area contributed by atoms with Crippen LogP contribution in [-0.4, -0.2) is 52.9 Å². The Morgan fingerprint density at radius 3 is 2.02 bits per heavy atom. The van der Waals surface area contributed by atoms with Crippen LogP contribution in [0.1, 0.15) is 58.8 Å². The molecule has 47 heavy (non-hydrogen) atoms. The van der Waals surface area contributed by atoms with Crippen LogP contribution in [-0.2, 0) is 22.6 Å². The molecule has 8 nitrogen and oxygen atoms in total. The van der Waals surface area contributed by atoms with Crippen molar-refractivity contribution in [1.29, 1.82) is 0 Å². The molecule has 6 rings (SSSR count). The first kappa shape index (κ1) is 32.2. The third kappa shape index (κ3) is 7.45. The lowest BCUT2D eigenvalue weighted by Gasteiger charge is -2.34. The van der Waals surface area contributed by atoms with Gasteiger partial charge in [-0.2, -0.15) is 0 Å². The second-order valence-electron chi connectivity index (χ2n) is 12.1. The summed E-state index contributed by atoms with van der Waals surface area (Å²) in [6.45, 7) is 3.35. The maximum absolute atomic E-state index is 13.8. The standard InChI is InChI=1S/C39H41N3O5/c1-46-38(44)33-19-9-8-18-31(33)28-42-37(43)34-20-10-11-21-35(34)41(39(42)45)25-13-12-24-40-26-22-32(23-27-40)47-36(29-14-4-2-5-15-29)30-16-6-3-7-17-30/h2-11,14-21,32,36H,12-13,22-28H2,1H3. The molecule has 0 amide bonds. The number of carbonyl (C=O) groups is 1. The van der Waals surface area contributed by atoms with Gasteiger partial charge in [0.2, 0.25) is 0 Å². The topological polar surface area (TPSA) is 82.8 Å². The molecule has 5 aromatic rings. The molecule has 0 unspecified atom stereocenters. The minimum absolute atomic E-state index is 0.0137. The van der Waals surface area contributed by atoms with Gasteiger partial charge in [0.25, 0.3) is 5.56 Å². The number of piperidine rings is 1. The van der Waals surface area contributed by atoms with Crippen molar-refractivity contribution < 1.29 is 14.3 Å². The van der Waals surface area contributed by atoms with Crippen LogP contribution >= 0.6 is 0 Å². The molecule has 4 aromatic carbocycles. The van der Waals surface area contributed by atoms with Gasteiger partial charge < -0.3 is 14.4 Å². The number of benzene rings is 4. The van der Waals surface area contributed by atoms with Crippen molar-refractivity contribution in [1.82, 2.24) is 14.0 Å². The van der Waals surface area contributed by atoms with E-state index in [0.717, 1.165) is 45.3 Å². The first-order valence-electron chi connectivity index (χ1n) is 16.4. The number of esters is 1. The van der Waals surface area contributed by atoms with Gasteiger partial charge in [0.15, 0.2) is 0 Å². The average Bonchev–Trinajstić information content (AvgIpc) is 3.13. The lowest BCUT2D eigenvalue weighted by atomic mass is 10.00. The van der Waals surface area contributed by atoms with E-state index in [2.05, 4.69) is 53.4 Å². The van der Waals surface area contributed by atoms with Crippen LogP contribution in [0, 0.1) is 0 Å². The van der Waals surface area contributed by atoms with E-state index in [1.807, 2.05) is 24.3 Å². The van der Waals surface area contributed by atoms with E-state index in [1.165, 1.54) is 22.8 Å². The van der Waals surface area contributed by atoms with E-state index in [-0.39, 0.29) is 30.0 Å². The normalized spacial score (nSPS) is 14.1. The number of carbonyl (C=O) groups excluding carboxylic acids is 1. The molecule has 0 spiro atoms. The zero-order chi connectivity index (χ0) is 32.6. The first-order chi connectivity index (χ1) is 23.0. The van der Waals surface area contributed by atoms with Crippen molar-refractivity contribution in [3.05, 3.63) is 152 Å². The lowest BCUT2D eigenvalue weighted by Crippen LogP contribution is -2.41. The van der Waals surface area contributed by atoms with Gasteiger partial charge in [-0.15, -0.1) is 0 Å². The molecule has 0 bridgehead atoms. The highest BCUT2D eigenvalue weighted by atomic mass is 16.5. The van der Waals surface area contributed by atoms with Crippen molar-refractivity contribution >= 4 is 16.9 Å². The molecule has 1 saturated heterocycles. The largest absolute Gasteiger partial charge is 0.465 e. The maximum atomic E-state index is 13.8. The SMILES string of the molecule is COC(=O)c1ccccc1Cn1c(=O)c2ccccc2n(CCCCN2CCC(OC(c3ccccc3)c3ccccc3)CC2)c1=O. The Morgan fingerprint density at radius 2 is 1.34 bits per heavy atom. The van der Waals surface area contributed by atoms with E-state index >= 15 is 0 Å². The van der Waals surface area contributed by atoms with Crippen LogP contribution < -0.4 is 11.2 Å². The Balaban J connectivity index is 1.08. The Labute approximate surface area is 274 Å². The van der Waals surface area contributed by atoms with E-state index < -0.39 is 5.97 Å². The highest BCUT2D eigenvalue weighted by Crippen LogP contribution is 2.30. The van der Waals surface area contributed by atoms with Crippen molar-refractivity contribution in [3.63, 3.8) is 0 Å². The smallest absolute Gasteiger partial charge is 0.338 e. The second-order valence-corrected chi connectivity index (χ2v) is 12.1. The van der Waals surface area contributed by atoms with Crippen molar-refractivity contribution in [2.75, 3.05) is 26.7 Å². The van der Waals surface area contributed by atoms with Gasteiger partial charge in [0.1, 0.15) is 6.10 Å². The summed E-state index contributed by atoms with van der Waals surface area (Å²) in [6, 6.07) is 35.0. The number of hydrogen-bond donors (Lipinski definition) is 0. The van der Waals surface area contributed by atoms with Gasteiger partial charge in [0, 0.05) is 19.6 Å². The summed E-state index contributed by atoms with van der Waals surface area (Å²) in [5, 5.41) is 0.481. The number of fused-ring (bicyclic) bond motifs is 1. The molecule has 0 radical (unpaired) electrons. The minimum atomic E-state index is -0.502. The van der Waals surface area contributed by atoms with Crippen LogP contribution in [0.4, 0.5) is 0 Å². The summed E-state index contributed by atoms with van der Waals surface area (Å²) in [6.07, 6.45) is 3.76. The molecule has 0 atom stereocenters. The quantitative estimate of drug-likeness (QED) is 0.123. The van der Waals surface area contributed by atoms with Gasteiger partial charge in [-0.25, -0.2) is 9.59 Å². The van der Waals surface area contributed by atoms with Crippen LogP contribution in [0.2, 0.25) is 0 Å². The molecular formula is C39H41N3O5. The number of methoxy groups -OCH3 is 1. The Kier molecular flexibility index (Phi) is 10.4. The van der Waals surface area contributed by atoms with Crippen molar-refractivity contribution in [2.24, 2.45) is 0 Å². The van der Waals surface area contributed by atoms with Crippen molar-refractivity contribution in [3.8, 4) is 0 Å². The molecule has 242 valence electrons. The maximum Gasteiger partial charge on any atom is 0.338 e. The fourth-order valence-corrected chi connectivity index (χ4v) is 6.54. The second kappa shape index (κ2) is 15.2. The van der Waals surface area contributed by atoms with E-state index in [4.69, 9.17) is 9.47 Å². The average molecular weight is 632 g/mol. The number of aromatic nitrogens is 2. The molecule has 1 aliphatic heterocycles. The number of para-hydroxylation sites is 1. The minimum Gasteiger partial charge on any atom is -0.465 e. The van der Waals surface area contributed by atoms with Gasteiger partial charge >= 0.3 is 11.7 Å². The third-order valence-electron chi connectivity index (χ3n) is 9.06. The lowest BCUT2D eigenvalue weighted by molar-refractivity contribution is -0.0271. The zero-order valence-corrected chi connectivity index (χ0v) is 26.8. The highest BCUT2D eigenvalue weighted by Gasteiger charge is 2.25. The summed E-state index contributed by atoms with van der Waals surface area (Å²) < 4.78 is 14.6. The van der Waals surface area contributed by atoms with Gasteiger partial charge in [-0.1, -0.05) is 91.0 Å². The number of unbranched alkanes of at least 4 members (excludes halogenated alkanes) is 1. The number of nitrogens with zero attached hydrogens (tertiary/aromatic N) is 3. The summed E-state index contributed by atoms with van der Waals surface area (Å²) in [7, 11) is 1.32. The summed E-state index contributed by atoms with van der Waals surface area (Å²) in [5.41, 5.74) is 3.12. The number of aryl methyl sites for hydroxylation is 1. The molecular weight excluding hydrogens is 590 g/mol. The van der Waals surface area contributed by atoms with Crippen LogP contribution in [0.3, 0.4) is 0 Å². The number of rotatable bonds is 12. The summed E-state index contributed by atoms with van der Waals surface area (Å²) in [4.78, 5) is 42.1. The Hall–Kier alpha value is -4.79. The molecule has 2 heterocycles. The molecule has 0 saturated carbocycles. The predicted molar refractivity (Wildman–Crippen MR) is 184 cm³/mol. The third-order valence-corrected chi connectivity index (χ3v) is 9.06. The van der Waals surface area contributed by atoms with Gasteiger partial charge in [-0.05, 0) is 67.1 Å². The predicted octanol–water partition coefficient (Wildman–Crippen LogP) is 6.05. The molecule has 0 aliphatic carbocycles. The monoisotopic (exact) mass is 631 g/mol.